The first-order valence-corrected chi connectivity index (χ1v) is 6.05. The van der Waals surface area contributed by atoms with Crippen LogP contribution in [0.1, 0.15) is 46.0 Å². The SMILES string of the molecule is CCC(CC)N(C)CCCCCCl. The van der Waals surface area contributed by atoms with Gasteiger partial charge >= 0.3 is 0 Å². The van der Waals surface area contributed by atoms with Crippen LogP contribution < -0.4 is 0 Å². The van der Waals surface area contributed by atoms with Gasteiger partial charge in [-0.05, 0) is 39.3 Å². The number of rotatable bonds is 8. The first kappa shape index (κ1) is 13.2. The van der Waals surface area contributed by atoms with Crippen molar-refractivity contribution in [1.29, 1.82) is 0 Å². The highest BCUT2D eigenvalue weighted by atomic mass is 35.5. The molecule has 13 heavy (non-hydrogen) atoms. The summed E-state index contributed by atoms with van der Waals surface area (Å²) in [6, 6.07) is 0.774. The number of unbranched alkanes of at least 4 members (excludes halogenated alkanes) is 2. The van der Waals surface area contributed by atoms with Crippen LogP contribution in [0.3, 0.4) is 0 Å². The topological polar surface area (TPSA) is 3.24 Å². The number of alkyl halides is 1. The lowest BCUT2D eigenvalue weighted by Gasteiger charge is -2.25. The summed E-state index contributed by atoms with van der Waals surface area (Å²) in [5, 5.41) is 0. The van der Waals surface area contributed by atoms with Gasteiger partial charge in [-0.25, -0.2) is 0 Å². The van der Waals surface area contributed by atoms with E-state index in [-0.39, 0.29) is 0 Å². The molecule has 0 aromatic rings. The lowest BCUT2D eigenvalue weighted by atomic mass is 10.1. The molecule has 0 aromatic carbocycles. The molecule has 0 fully saturated rings. The molecule has 0 atom stereocenters. The molecule has 0 saturated carbocycles. The van der Waals surface area contributed by atoms with E-state index < -0.39 is 0 Å². The lowest BCUT2D eigenvalue weighted by molar-refractivity contribution is 0.225. The molecule has 0 aliphatic carbocycles. The van der Waals surface area contributed by atoms with Gasteiger partial charge in [0.05, 0.1) is 0 Å². The maximum atomic E-state index is 5.62. The Balaban J connectivity index is 3.42. The molecule has 0 aromatic heterocycles. The molecule has 2 heteroatoms. The van der Waals surface area contributed by atoms with Gasteiger partial charge in [0.15, 0.2) is 0 Å². The van der Waals surface area contributed by atoms with Crippen LogP contribution in [0.5, 0.6) is 0 Å². The second kappa shape index (κ2) is 8.83. The van der Waals surface area contributed by atoms with Gasteiger partial charge in [0.1, 0.15) is 0 Å². The Labute approximate surface area is 88.5 Å². The molecule has 0 bridgehead atoms. The standard InChI is InChI=1S/C11H24ClN/c1-4-11(5-2)13(3)10-8-6-7-9-12/h11H,4-10H2,1-3H3. The van der Waals surface area contributed by atoms with E-state index >= 15 is 0 Å². The third-order valence-corrected chi connectivity index (χ3v) is 2.98. The van der Waals surface area contributed by atoms with Crippen molar-refractivity contribution < 1.29 is 0 Å². The minimum absolute atomic E-state index is 0.774. The van der Waals surface area contributed by atoms with E-state index in [1.165, 1.54) is 32.2 Å². The zero-order valence-electron chi connectivity index (χ0n) is 9.35. The smallest absolute Gasteiger partial charge is 0.0223 e. The van der Waals surface area contributed by atoms with Gasteiger partial charge in [-0.1, -0.05) is 20.3 Å². The zero-order valence-corrected chi connectivity index (χ0v) is 10.1. The van der Waals surface area contributed by atoms with Gasteiger partial charge in [-0.2, -0.15) is 0 Å². The fourth-order valence-electron chi connectivity index (χ4n) is 1.73. The lowest BCUT2D eigenvalue weighted by Crippen LogP contribution is -2.31. The van der Waals surface area contributed by atoms with Crippen LogP contribution in [-0.2, 0) is 0 Å². The molecule has 1 nitrogen and oxygen atoms in total. The van der Waals surface area contributed by atoms with Crippen LogP contribution in [-0.4, -0.2) is 30.4 Å². The van der Waals surface area contributed by atoms with Crippen molar-refractivity contribution in [3.8, 4) is 0 Å². The number of hydrogen-bond donors (Lipinski definition) is 0. The maximum Gasteiger partial charge on any atom is 0.0223 e. The van der Waals surface area contributed by atoms with Crippen LogP contribution in [0.25, 0.3) is 0 Å². The third-order valence-electron chi connectivity index (χ3n) is 2.71. The van der Waals surface area contributed by atoms with Crippen LogP contribution >= 0.6 is 11.6 Å². The summed E-state index contributed by atoms with van der Waals surface area (Å²) < 4.78 is 0. The monoisotopic (exact) mass is 205 g/mol. The van der Waals surface area contributed by atoms with Crippen LogP contribution in [0, 0.1) is 0 Å². The molecule has 0 aliphatic heterocycles. The normalized spacial score (nSPS) is 11.5. The minimum Gasteiger partial charge on any atom is -0.303 e. The van der Waals surface area contributed by atoms with E-state index in [0.29, 0.717) is 0 Å². The number of halogens is 1. The van der Waals surface area contributed by atoms with Gasteiger partial charge in [-0.15, -0.1) is 11.6 Å². The van der Waals surface area contributed by atoms with Crippen molar-refractivity contribution in [1.82, 2.24) is 4.90 Å². The first-order chi connectivity index (χ1) is 6.26. The second-order valence-electron chi connectivity index (χ2n) is 3.70. The van der Waals surface area contributed by atoms with E-state index in [4.69, 9.17) is 11.6 Å². The van der Waals surface area contributed by atoms with E-state index in [2.05, 4.69) is 25.8 Å². The summed E-state index contributed by atoms with van der Waals surface area (Å²) in [4.78, 5) is 2.48. The van der Waals surface area contributed by atoms with Gasteiger partial charge in [0, 0.05) is 11.9 Å². The third kappa shape index (κ3) is 6.34. The molecule has 0 radical (unpaired) electrons. The molecule has 0 rings (SSSR count). The Kier molecular flexibility index (Phi) is 9.00. The molecular weight excluding hydrogens is 182 g/mol. The molecule has 0 spiro atoms. The highest BCUT2D eigenvalue weighted by Gasteiger charge is 2.08. The van der Waals surface area contributed by atoms with Crippen LogP contribution in [0.15, 0.2) is 0 Å². The van der Waals surface area contributed by atoms with Crippen molar-refractivity contribution in [2.75, 3.05) is 19.5 Å². The fraction of sp³-hybridized carbons (Fsp3) is 1.00. The number of nitrogens with zero attached hydrogens (tertiary/aromatic N) is 1. The summed E-state index contributed by atoms with van der Waals surface area (Å²) in [5.74, 6) is 0.814. The highest BCUT2D eigenvalue weighted by molar-refractivity contribution is 6.17. The van der Waals surface area contributed by atoms with Crippen molar-refractivity contribution in [2.45, 2.75) is 52.0 Å². The van der Waals surface area contributed by atoms with E-state index in [0.717, 1.165) is 18.3 Å². The van der Waals surface area contributed by atoms with Crippen molar-refractivity contribution >= 4 is 11.6 Å². The predicted octanol–water partition coefficient (Wildman–Crippen LogP) is 3.52. The van der Waals surface area contributed by atoms with Gasteiger partial charge in [0.25, 0.3) is 0 Å². The van der Waals surface area contributed by atoms with Gasteiger partial charge in [0.2, 0.25) is 0 Å². The minimum atomic E-state index is 0.774. The van der Waals surface area contributed by atoms with Crippen LogP contribution in [0.2, 0.25) is 0 Å². The summed E-state index contributed by atoms with van der Waals surface area (Å²) in [6.45, 7) is 5.76. The Bertz CT molecular complexity index is 102. The van der Waals surface area contributed by atoms with Crippen molar-refractivity contribution in [3.05, 3.63) is 0 Å². The summed E-state index contributed by atoms with van der Waals surface area (Å²) in [6.07, 6.45) is 6.26. The fourth-order valence-corrected chi connectivity index (χ4v) is 1.92. The van der Waals surface area contributed by atoms with E-state index in [1.807, 2.05) is 0 Å². The molecule has 0 N–H and O–H groups in total. The molecular formula is C11H24ClN. The summed E-state index contributed by atoms with van der Waals surface area (Å²) in [7, 11) is 2.23. The maximum absolute atomic E-state index is 5.62. The molecule has 0 saturated heterocycles. The van der Waals surface area contributed by atoms with E-state index in [1.54, 1.807) is 0 Å². The predicted molar refractivity (Wildman–Crippen MR) is 61.6 cm³/mol. The zero-order chi connectivity index (χ0) is 10.1. The Morgan fingerprint density at radius 3 is 2.15 bits per heavy atom. The Hall–Kier alpha value is 0.250. The summed E-state index contributed by atoms with van der Waals surface area (Å²) >= 11 is 5.62. The van der Waals surface area contributed by atoms with Gasteiger partial charge in [-0.3, -0.25) is 0 Å². The van der Waals surface area contributed by atoms with Gasteiger partial charge < -0.3 is 4.90 Å². The molecule has 80 valence electrons. The average molecular weight is 206 g/mol. The first-order valence-electron chi connectivity index (χ1n) is 5.52. The van der Waals surface area contributed by atoms with Crippen LogP contribution in [0.4, 0.5) is 0 Å². The summed E-state index contributed by atoms with van der Waals surface area (Å²) in [5.41, 5.74) is 0. The second-order valence-corrected chi connectivity index (χ2v) is 4.08. The average Bonchev–Trinajstić information content (AvgIpc) is 2.14. The molecule has 0 heterocycles. The van der Waals surface area contributed by atoms with E-state index in [9.17, 15) is 0 Å². The quantitative estimate of drug-likeness (QED) is 0.433. The Morgan fingerprint density at radius 1 is 1.08 bits per heavy atom. The van der Waals surface area contributed by atoms with Crippen molar-refractivity contribution in [3.63, 3.8) is 0 Å². The molecule has 0 aliphatic rings. The molecule has 0 amide bonds. The Morgan fingerprint density at radius 2 is 1.69 bits per heavy atom. The highest BCUT2D eigenvalue weighted by Crippen LogP contribution is 2.07. The number of hydrogen-bond acceptors (Lipinski definition) is 1. The largest absolute Gasteiger partial charge is 0.303 e. The van der Waals surface area contributed by atoms with Crippen molar-refractivity contribution in [2.24, 2.45) is 0 Å². The molecule has 0 unspecified atom stereocenters.